The molecule has 0 aliphatic carbocycles. The Morgan fingerprint density at radius 2 is 1.55 bits per heavy atom. The van der Waals surface area contributed by atoms with Gasteiger partial charge in [0.05, 0.1) is 11.1 Å². The Kier molecular flexibility index (Phi) is 4.98. The number of benzene rings is 2. The fourth-order valence-corrected chi connectivity index (χ4v) is 2.19. The van der Waals surface area contributed by atoms with Gasteiger partial charge in [-0.15, -0.1) is 0 Å². The first-order valence-electron chi connectivity index (χ1n) is 6.06. The molecule has 2 nitrogen and oxygen atoms in total. The minimum atomic E-state index is -4.45. The monoisotopic (exact) mass is 348 g/mol. The van der Waals surface area contributed by atoms with Crippen LogP contribution < -0.4 is 0 Å². The lowest BCUT2D eigenvalue weighted by Gasteiger charge is -2.09. The predicted octanol–water partition coefficient (Wildman–Crippen LogP) is 5.37. The number of hydrogen-bond acceptors (Lipinski definition) is 2. The summed E-state index contributed by atoms with van der Waals surface area (Å²) >= 11 is 11.9. The first kappa shape index (κ1) is 16.6. The van der Waals surface area contributed by atoms with Crippen LogP contribution in [0.15, 0.2) is 42.5 Å². The third kappa shape index (κ3) is 3.93. The van der Waals surface area contributed by atoms with Crippen molar-refractivity contribution in [2.75, 3.05) is 0 Å². The van der Waals surface area contributed by atoms with E-state index in [1.807, 2.05) is 0 Å². The Morgan fingerprint density at radius 3 is 2.05 bits per heavy atom. The van der Waals surface area contributed by atoms with Crippen LogP contribution in [-0.2, 0) is 17.5 Å². The van der Waals surface area contributed by atoms with Gasteiger partial charge >= 0.3 is 12.1 Å². The molecule has 0 bridgehead atoms. The smallest absolute Gasteiger partial charge is 0.416 e. The van der Waals surface area contributed by atoms with Gasteiger partial charge in [-0.1, -0.05) is 29.3 Å². The molecule has 0 heterocycles. The summed E-state index contributed by atoms with van der Waals surface area (Å²) in [5.74, 6) is -0.760. The third-order valence-electron chi connectivity index (χ3n) is 2.86. The molecule has 2 rings (SSSR count). The molecule has 0 atom stereocenters. The van der Waals surface area contributed by atoms with E-state index in [9.17, 15) is 18.0 Å². The van der Waals surface area contributed by atoms with E-state index in [2.05, 4.69) is 0 Å². The molecule has 0 fully saturated rings. The molecule has 22 heavy (non-hydrogen) atoms. The summed E-state index contributed by atoms with van der Waals surface area (Å²) in [6.45, 7) is -0.168. The average Bonchev–Trinajstić information content (AvgIpc) is 2.46. The number of halogens is 5. The SMILES string of the molecule is O=C(OCc1c(Cl)cccc1Cl)c1ccc(C(F)(F)F)cc1. The highest BCUT2D eigenvalue weighted by Gasteiger charge is 2.30. The number of alkyl halides is 3. The van der Waals surface area contributed by atoms with E-state index in [1.54, 1.807) is 18.2 Å². The molecule has 0 aromatic heterocycles. The normalized spacial score (nSPS) is 11.3. The average molecular weight is 349 g/mol. The van der Waals surface area contributed by atoms with Crippen LogP contribution in [-0.4, -0.2) is 5.97 Å². The highest BCUT2D eigenvalue weighted by Crippen LogP contribution is 2.29. The van der Waals surface area contributed by atoms with Crippen LogP contribution in [0.2, 0.25) is 10.0 Å². The van der Waals surface area contributed by atoms with Gasteiger partial charge in [0.2, 0.25) is 0 Å². The van der Waals surface area contributed by atoms with Crippen molar-refractivity contribution in [2.24, 2.45) is 0 Å². The van der Waals surface area contributed by atoms with Gasteiger partial charge in [-0.25, -0.2) is 4.79 Å². The van der Waals surface area contributed by atoms with Gasteiger partial charge < -0.3 is 4.74 Å². The van der Waals surface area contributed by atoms with Crippen molar-refractivity contribution in [1.82, 2.24) is 0 Å². The van der Waals surface area contributed by atoms with Crippen LogP contribution in [0, 0.1) is 0 Å². The predicted molar refractivity (Wildman–Crippen MR) is 77.0 cm³/mol. The Morgan fingerprint density at radius 1 is 1.00 bits per heavy atom. The fraction of sp³-hybridized carbons (Fsp3) is 0.133. The maximum absolute atomic E-state index is 12.4. The summed E-state index contributed by atoms with van der Waals surface area (Å²) in [5, 5.41) is 0.681. The molecule has 0 radical (unpaired) electrons. The number of hydrogen-bond donors (Lipinski definition) is 0. The molecule has 7 heteroatoms. The van der Waals surface area contributed by atoms with E-state index < -0.39 is 17.7 Å². The van der Waals surface area contributed by atoms with Crippen molar-refractivity contribution in [3.05, 3.63) is 69.2 Å². The second kappa shape index (κ2) is 6.58. The van der Waals surface area contributed by atoms with Crippen molar-refractivity contribution in [1.29, 1.82) is 0 Å². The number of rotatable bonds is 3. The van der Waals surface area contributed by atoms with E-state index >= 15 is 0 Å². The zero-order valence-corrected chi connectivity index (χ0v) is 12.5. The first-order chi connectivity index (χ1) is 10.3. The quantitative estimate of drug-likeness (QED) is 0.697. The zero-order valence-electron chi connectivity index (χ0n) is 11.0. The summed E-state index contributed by atoms with van der Waals surface area (Å²) in [6.07, 6.45) is -4.45. The maximum atomic E-state index is 12.4. The third-order valence-corrected chi connectivity index (χ3v) is 3.57. The Hall–Kier alpha value is -1.72. The summed E-state index contributed by atoms with van der Waals surface area (Å²) in [7, 11) is 0. The van der Waals surface area contributed by atoms with Gasteiger partial charge in [0.1, 0.15) is 6.61 Å². The molecule has 0 saturated heterocycles. The minimum absolute atomic E-state index is 0.0103. The van der Waals surface area contributed by atoms with Gasteiger partial charge in [-0.05, 0) is 36.4 Å². The lowest BCUT2D eigenvalue weighted by Crippen LogP contribution is -2.08. The Labute approximate surface area is 134 Å². The van der Waals surface area contributed by atoms with E-state index in [4.69, 9.17) is 27.9 Å². The maximum Gasteiger partial charge on any atom is 0.416 e. The van der Waals surface area contributed by atoms with E-state index in [1.165, 1.54) is 0 Å². The fourth-order valence-electron chi connectivity index (χ4n) is 1.69. The molecule has 2 aromatic rings. The van der Waals surface area contributed by atoms with Gasteiger partial charge in [0.25, 0.3) is 0 Å². The Balaban J connectivity index is 2.07. The van der Waals surface area contributed by atoms with Gasteiger partial charge in [-0.3, -0.25) is 0 Å². The molecule has 0 unspecified atom stereocenters. The molecule has 0 amide bonds. The minimum Gasteiger partial charge on any atom is -0.457 e. The van der Waals surface area contributed by atoms with Crippen LogP contribution in [0.1, 0.15) is 21.5 Å². The van der Waals surface area contributed by atoms with E-state index in [0.717, 1.165) is 24.3 Å². The molecule has 2 aromatic carbocycles. The second-order valence-corrected chi connectivity index (χ2v) is 5.17. The molecule has 0 aliphatic rings. The van der Waals surface area contributed by atoms with E-state index in [0.29, 0.717) is 15.6 Å². The van der Waals surface area contributed by atoms with Crippen LogP contribution >= 0.6 is 23.2 Å². The van der Waals surface area contributed by atoms with Crippen LogP contribution in [0.4, 0.5) is 13.2 Å². The van der Waals surface area contributed by atoms with Crippen molar-refractivity contribution in [3.63, 3.8) is 0 Å². The highest BCUT2D eigenvalue weighted by atomic mass is 35.5. The molecule has 116 valence electrons. The van der Waals surface area contributed by atoms with Crippen molar-refractivity contribution >= 4 is 29.2 Å². The topological polar surface area (TPSA) is 26.3 Å². The van der Waals surface area contributed by atoms with E-state index in [-0.39, 0.29) is 12.2 Å². The molecular weight excluding hydrogens is 340 g/mol. The number of ether oxygens (including phenoxy) is 1. The Bertz CT molecular complexity index is 662. The lowest BCUT2D eigenvalue weighted by atomic mass is 10.1. The summed E-state index contributed by atoms with van der Waals surface area (Å²) in [4.78, 5) is 11.8. The van der Waals surface area contributed by atoms with Crippen LogP contribution in [0.5, 0.6) is 0 Å². The van der Waals surface area contributed by atoms with Crippen molar-refractivity contribution in [3.8, 4) is 0 Å². The molecular formula is C15H9Cl2F3O2. The standard InChI is InChI=1S/C15H9Cl2F3O2/c16-12-2-1-3-13(17)11(12)8-22-14(21)9-4-6-10(7-5-9)15(18,19)20/h1-7H,8H2. The summed E-state index contributed by atoms with van der Waals surface area (Å²) in [5.41, 5.74) is -0.388. The van der Waals surface area contributed by atoms with Gasteiger partial charge in [0.15, 0.2) is 0 Å². The van der Waals surface area contributed by atoms with Gasteiger partial charge in [-0.2, -0.15) is 13.2 Å². The zero-order chi connectivity index (χ0) is 16.3. The molecule has 0 aliphatic heterocycles. The van der Waals surface area contributed by atoms with Crippen LogP contribution in [0.25, 0.3) is 0 Å². The first-order valence-corrected chi connectivity index (χ1v) is 6.82. The molecule has 0 saturated carbocycles. The number of carbonyl (C=O) groups excluding carboxylic acids is 1. The number of carbonyl (C=O) groups is 1. The lowest BCUT2D eigenvalue weighted by molar-refractivity contribution is -0.137. The molecule has 0 spiro atoms. The second-order valence-electron chi connectivity index (χ2n) is 4.35. The summed E-state index contributed by atoms with van der Waals surface area (Å²) < 4.78 is 42.3. The largest absolute Gasteiger partial charge is 0.457 e. The van der Waals surface area contributed by atoms with Crippen molar-refractivity contribution < 1.29 is 22.7 Å². The highest BCUT2D eigenvalue weighted by molar-refractivity contribution is 6.35. The number of esters is 1. The molecule has 0 N–H and O–H groups in total. The van der Waals surface area contributed by atoms with Crippen molar-refractivity contribution in [2.45, 2.75) is 12.8 Å². The van der Waals surface area contributed by atoms with Gasteiger partial charge in [0, 0.05) is 15.6 Å². The summed E-state index contributed by atoms with van der Waals surface area (Å²) in [6, 6.07) is 8.58. The van der Waals surface area contributed by atoms with Crippen LogP contribution in [0.3, 0.4) is 0 Å².